The molecule has 0 fully saturated rings. The zero-order valence-corrected chi connectivity index (χ0v) is 4.82. The van der Waals surface area contributed by atoms with Gasteiger partial charge in [-0.25, -0.2) is 0 Å². The summed E-state index contributed by atoms with van der Waals surface area (Å²) in [4.78, 5) is 17.6. The van der Waals surface area contributed by atoms with Crippen LogP contribution >= 0.6 is 0 Å². The molecule has 0 N–H and O–H groups in total. The predicted octanol–water partition coefficient (Wildman–Crippen LogP) is 0.572. The number of nitrogens with zero attached hydrogens (tertiary/aromatic N) is 2. The second kappa shape index (κ2) is 2.91. The Hall–Kier alpha value is -1.25. The van der Waals surface area contributed by atoms with Gasteiger partial charge in [-0.05, 0) is 0 Å². The monoisotopic (exact) mass is 122 g/mol. The lowest BCUT2D eigenvalue weighted by atomic mass is 10.5. The maximum atomic E-state index is 10.1. The van der Waals surface area contributed by atoms with E-state index in [1.807, 2.05) is 0 Å². The van der Waals surface area contributed by atoms with Crippen molar-refractivity contribution in [3.63, 3.8) is 0 Å². The molecule has 1 aliphatic rings. The van der Waals surface area contributed by atoms with Gasteiger partial charge in [0, 0.05) is 18.9 Å². The Bertz CT molecular complexity index is 191. The maximum Gasteiger partial charge on any atom is 0.169 e. The molecular weight excluding hydrogens is 116 g/mol. The van der Waals surface area contributed by atoms with Gasteiger partial charge in [-0.15, -0.1) is 0 Å². The summed E-state index contributed by atoms with van der Waals surface area (Å²) in [6, 6.07) is 0. The summed E-state index contributed by atoms with van der Waals surface area (Å²) in [5.74, 6) is 0. The van der Waals surface area contributed by atoms with Gasteiger partial charge in [0.2, 0.25) is 0 Å². The van der Waals surface area contributed by atoms with Crippen molar-refractivity contribution in [1.29, 1.82) is 0 Å². The minimum atomic E-state index is 0.378. The number of aldehydes is 1. The lowest BCUT2D eigenvalue weighted by Gasteiger charge is -1.79. The van der Waals surface area contributed by atoms with E-state index >= 15 is 0 Å². The summed E-state index contributed by atoms with van der Waals surface area (Å²) in [5.41, 5.74) is 0.378. The van der Waals surface area contributed by atoms with Gasteiger partial charge in [0.1, 0.15) is 5.70 Å². The molecule has 0 spiro atoms. The van der Waals surface area contributed by atoms with Crippen LogP contribution in [0.2, 0.25) is 0 Å². The molecule has 0 aliphatic carbocycles. The largest absolute Gasteiger partial charge is 0.296 e. The van der Waals surface area contributed by atoms with Gasteiger partial charge in [0.25, 0.3) is 0 Å². The lowest BCUT2D eigenvalue weighted by Crippen LogP contribution is -1.77. The van der Waals surface area contributed by atoms with Crippen LogP contribution < -0.4 is 0 Å². The Morgan fingerprint density at radius 1 is 1.56 bits per heavy atom. The average molecular weight is 122 g/mol. The molecule has 46 valence electrons. The van der Waals surface area contributed by atoms with Crippen LogP contribution in [-0.4, -0.2) is 18.7 Å². The smallest absolute Gasteiger partial charge is 0.169 e. The number of aliphatic imine (C=N–C) groups is 2. The van der Waals surface area contributed by atoms with Crippen LogP contribution in [0, 0.1) is 0 Å². The van der Waals surface area contributed by atoms with Crippen LogP contribution in [0.4, 0.5) is 0 Å². The summed E-state index contributed by atoms with van der Waals surface area (Å²) in [7, 11) is 0. The Labute approximate surface area is 52.8 Å². The first-order valence-corrected chi connectivity index (χ1v) is 2.63. The Morgan fingerprint density at radius 3 is 3.22 bits per heavy atom. The zero-order valence-electron chi connectivity index (χ0n) is 4.82. The van der Waals surface area contributed by atoms with E-state index in [1.165, 1.54) is 6.20 Å². The molecule has 0 radical (unpaired) electrons. The van der Waals surface area contributed by atoms with E-state index < -0.39 is 0 Å². The molecular formula is C6H6N2O. The predicted molar refractivity (Wildman–Crippen MR) is 35.7 cm³/mol. The molecule has 1 rings (SSSR count). The van der Waals surface area contributed by atoms with Crippen LogP contribution in [0.3, 0.4) is 0 Å². The van der Waals surface area contributed by atoms with Crippen molar-refractivity contribution < 1.29 is 4.79 Å². The second-order valence-electron chi connectivity index (χ2n) is 1.55. The molecule has 0 amide bonds. The van der Waals surface area contributed by atoms with Crippen LogP contribution in [0.25, 0.3) is 0 Å². The van der Waals surface area contributed by atoms with Crippen molar-refractivity contribution in [2.45, 2.75) is 6.42 Å². The average Bonchev–Trinajstić information content (AvgIpc) is 2.13. The summed E-state index contributed by atoms with van der Waals surface area (Å²) >= 11 is 0. The van der Waals surface area contributed by atoms with Crippen molar-refractivity contribution in [3.05, 3.63) is 11.9 Å². The van der Waals surface area contributed by atoms with E-state index in [4.69, 9.17) is 0 Å². The normalized spacial score (nSPS) is 16.7. The van der Waals surface area contributed by atoms with Gasteiger partial charge in [-0.2, -0.15) is 0 Å². The molecule has 0 bridgehead atoms. The van der Waals surface area contributed by atoms with E-state index in [0.717, 1.165) is 0 Å². The number of allylic oxidation sites excluding steroid dienone is 1. The highest BCUT2D eigenvalue weighted by molar-refractivity contribution is 5.85. The van der Waals surface area contributed by atoms with E-state index in [-0.39, 0.29) is 0 Å². The third-order valence-electron chi connectivity index (χ3n) is 0.884. The fourth-order valence-corrected chi connectivity index (χ4v) is 0.489. The molecule has 0 saturated carbocycles. The fraction of sp³-hybridized carbons (Fsp3) is 0.167. The van der Waals surface area contributed by atoms with Gasteiger partial charge in [0.15, 0.2) is 6.29 Å². The third-order valence-corrected chi connectivity index (χ3v) is 0.884. The highest BCUT2D eigenvalue weighted by atomic mass is 16.1. The molecule has 0 aromatic rings. The summed E-state index contributed by atoms with van der Waals surface area (Å²) < 4.78 is 0. The fourth-order valence-electron chi connectivity index (χ4n) is 0.489. The molecule has 0 unspecified atom stereocenters. The van der Waals surface area contributed by atoms with Crippen molar-refractivity contribution >= 4 is 18.7 Å². The van der Waals surface area contributed by atoms with E-state index in [2.05, 4.69) is 9.98 Å². The SMILES string of the molecule is O=CC1=CN=CCC=N1. The number of hydrogen-bond donors (Lipinski definition) is 0. The van der Waals surface area contributed by atoms with Crippen LogP contribution in [0.5, 0.6) is 0 Å². The molecule has 0 aromatic carbocycles. The summed E-state index contributed by atoms with van der Waals surface area (Å²) in [6.45, 7) is 0. The zero-order chi connectivity index (χ0) is 6.53. The molecule has 9 heavy (non-hydrogen) atoms. The first-order chi connectivity index (χ1) is 4.43. The van der Waals surface area contributed by atoms with Crippen LogP contribution in [-0.2, 0) is 4.79 Å². The molecule has 1 heterocycles. The van der Waals surface area contributed by atoms with Gasteiger partial charge >= 0.3 is 0 Å². The Morgan fingerprint density at radius 2 is 2.44 bits per heavy atom. The van der Waals surface area contributed by atoms with Crippen molar-refractivity contribution in [3.8, 4) is 0 Å². The number of carbonyl (C=O) groups excluding carboxylic acids is 1. The van der Waals surface area contributed by atoms with Gasteiger partial charge in [-0.3, -0.25) is 14.8 Å². The molecule has 1 aliphatic heterocycles. The topological polar surface area (TPSA) is 41.8 Å². The first-order valence-electron chi connectivity index (χ1n) is 2.63. The second-order valence-corrected chi connectivity index (χ2v) is 1.55. The third kappa shape index (κ3) is 1.60. The van der Waals surface area contributed by atoms with E-state index in [1.54, 1.807) is 12.4 Å². The minimum absolute atomic E-state index is 0.378. The van der Waals surface area contributed by atoms with Crippen LogP contribution in [0.15, 0.2) is 21.9 Å². The molecule has 3 nitrogen and oxygen atoms in total. The molecule has 0 saturated heterocycles. The lowest BCUT2D eigenvalue weighted by molar-refractivity contribution is -0.104. The van der Waals surface area contributed by atoms with Gasteiger partial charge in [0.05, 0.1) is 6.20 Å². The van der Waals surface area contributed by atoms with Crippen molar-refractivity contribution in [2.75, 3.05) is 0 Å². The summed E-state index contributed by atoms with van der Waals surface area (Å²) in [5, 5.41) is 0. The Balaban J connectivity index is 2.78. The molecule has 3 heteroatoms. The minimum Gasteiger partial charge on any atom is -0.296 e. The van der Waals surface area contributed by atoms with Gasteiger partial charge < -0.3 is 0 Å². The standard InChI is InChI=1S/C6H6N2O/c9-5-6-4-7-2-1-3-8-6/h2-5H,1H2. The number of rotatable bonds is 1. The number of carbonyl (C=O) groups is 1. The maximum absolute atomic E-state index is 10.1. The van der Waals surface area contributed by atoms with E-state index in [0.29, 0.717) is 18.4 Å². The summed E-state index contributed by atoms with van der Waals surface area (Å²) in [6.07, 6.45) is 6.17. The Kier molecular flexibility index (Phi) is 1.90. The van der Waals surface area contributed by atoms with E-state index in [9.17, 15) is 4.79 Å². The van der Waals surface area contributed by atoms with Gasteiger partial charge in [-0.1, -0.05) is 0 Å². The highest BCUT2D eigenvalue weighted by Gasteiger charge is 1.88. The molecule has 0 atom stereocenters. The first kappa shape index (κ1) is 5.88. The van der Waals surface area contributed by atoms with Crippen molar-refractivity contribution in [1.82, 2.24) is 0 Å². The van der Waals surface area contributed by atoms with Crippen molar-refractivity contribution in [2.24, 2.45) is 9.98 Å². The quantitative estimate of drug-likeness (QED) is 0.469. The van der Waals surface area contributed by atoms with Crippen LogP contribution in [0.1, 0.15) is 6.42 Å². The molecule has 0 aromatic heterocycles. The number of hydrogen-bond acceptors (Lipinski definition) is 3. The highest BCUT2D eigenvalue weighted by Crippen LogP contribution is 1.94.